The Hall–Kier alpha value is -1.10. The van der Waals surface area contributed by atoms with Crippen molar-refractivity contribution in [2.24, 2.45) is 0 Å². The van der Waals surface area contributed by atoms with Gasteiger partial charge in [-0.2, -0.15) is 0 Å². The van der Waals surface area contributed by atoms with Crippen molar-refractivity contribution in [3.05, 3.63) is 40.4 Å². The van der Waals surface area contributed by atoms with Crippen molar-refractivity contribution in [1.29, 1.82) is 0 Å². The fourth-order valence-electron chi connectivity index (χ4n) is 2.82. The van der Waals surface area contributed by atoms with Crippen molar-refractivity contribution >= 4 is 26.7 Å². The molecular formula is C16H19BrN2O. The number of phenolic OH excluding ortho intramolecular Hbond substituents is 1. The van der Waals surface area contributed by atoms with Crippen molar-refractivity contribution < 1.29 is 5.11 Å². The van der Waals surface area contributed by atoms with Crippen LogP contribution < -0.4 is 5.32 Å². The second kappa shape index (κ2) is 6.12. The SMILES string of the molecule is Oc1ccc2cc(Br)ccc2c1CCN1CCNCC1. The van der Waals surface area contributed by atoms with Gasteiger partial charge >= 0.3 is 0 Å². The summed E-state index contributed by atoms with van der Waals surface area (Å²) in [6, 6.07) is 10.0. The molecule has 3 nitrogen and oxygen atoms in total. The Bertz CT molecular complexity index is 609. The van der Waals surface area contributed by atoms with Gasteiger partial charge in [0.15, 0.2) is 0 Å². The van der Waals surface area contributed by atoms with Gasteiger partial charge in [-0.05, 0) is 35.4 Å². The zero-order chi connectivity index (χ0) is 13.9. The zero-order valence-electron chi connectivity index (χ0n) is 11.4. The van der Waals surface area contributed by atoms with Crippen LogP contribution in [0.15, 0.2) is 34.8 Å². The summed E-state index contributed by atoms with van der Waals surface area (Å²) >= 11 is 3.50. The van der Waals surface area contributed by atoms with Gasteiger partial charge in [0.05, 0.1) is 0 Å². The van der Waals surface area contributed by atoms with Gasteiger partial charge in [-0.25, -0.2) is 0 Å². The van der Waals surface area contributed by atoms with Gasteiger partial charge in [0.1, 0.15) is 5.75 Å². The number of aromatic hydroxyl groups is 1. The molecule has 1 aliphatic rings. The van der Waals surface area contributed by atoms with Crippen LogP contribution in [0.2, 0.25) is 0 Å². The van der Waals surface area contributed by atoms with Crippen LogP contribution in [0.5, 0.6) is 5.75 Å². The van der Waals surface area contributed by atoms with E-state index >= 15 is 0 Å². The van der Waals surface area contributed by atoms with E-state index in [9.17, 15) is 5.11 Å². The van der Waals surface area contributed by atoms with Gasteiger partial charge in [0, 0.05) is 42.8 Å². The van der Waals surface area contributed by atoms with Gasteiger partial charge in [-0.1, -0.05) is 28.1 Å². The lowest BCUT2D eigenvalue weighted by Gasteiger charge is -2.27. The van der Waals surface area contributed by atoms with Gasteiger partial charge in [0.25, 0.3) is 0 Å². The molecule has 0 radical (unpaired) electrons. The average molecular weight is 335 g/mol. The molecule has 2 N–H and O–H groups in total. The highest BCUT2D eigenvalue weighted by Crippen LogP contribution is 2.29. The number of rotatable bonds is 3. The molecule has 0 bridgehead atoms. The summed E-state index contributed by atoms with van der Waals surface area (Å²) in [6.07, 6.45) is 0.894. The lowest BCUT2D eigenvalue weighted by molar-refractivity contribution is 0.243. The van der Waals surface area contributed by atoms with Crippen LogP contribution in [0.3, 0.4) is 0 Å². The Morgan fingerprint density at radius 2 is 1.95 bits per heavy atom. The lowest BCUT2D eigenvalue weighted by atomic mass is 10.0. The maximum atomic E-state index is 10.2. The van der Waals surface area contributed by atoms with E-state index in [2.05, 4.69) is 38.3 Å². The van der Waals surface area contributed by atoms with Crippen LogP contribution in [-0.2, 0) is 6.42 Å². The molecule has 106 valence electrons. The van der Waals surface area contributed by atoms with Gasteiger partial charge in [-0.3, -0.25) is 0 Å². The number of phenols is 1. The number of hydrogen-bond donors (Lipinski definition) is 2. The van der Waals surface area contributed by atoms with Crippen LogP contribution in [0.1, 0.15) is 5.56 Å². The van der Waals surface area contributed by atoms with E-state index in [0.717, 1.165) is 54.6 Å². The Kier molecular flexibility index (Phi) is 4.24. The quantitative estimate of drug-likeness (QED) is 0.905. The second-order valence-electron chi connectivity index (χ2n) is 5.27. The molecule has 1 aliphatic heterocycles. The van der Waals surface area contributed by atoms with Gasteiger partial charge < -0.3 is 15.3 Å². The van der Waals surface area contributed by atoms with Crippen LogP contribution >= 0.6 is 15.9 Å². The van der Waals surface area contributed by atoms with Crippen molar-refractivity contribution in [2.75, 3.05) is 32.7 Å². The van der Waals surface area contributed by atoms with E-state index in [1.54, 1.807) is 0 Å². The fourth-order valence-corrected chi connectivity index (χ4v) is 3.20. The summed E-state index contributed by atoms with van der Waals surface area (Å²) in [4.78, 5) is 2.45. The highest BCUT2D eigenvalue weighted by atomic mass is 79.9. The summed E-state index contributed by atoms with van der Waals surface area (Å²) in [5, 5.41) is 15.9. The fraction of sp³-hybridized carbons (Fsp3) is 0.375. The molecule has 0 spiro atoms. The molecule has 1 heterocycles. The van der Waals surface area contributed by atoms with Crippen LogP contribution in [0.25, 0.3) is 10.8 Å². The Labute approximate surface area is 127 Å². The smallest absolute Gasteiger partial charge is 0.119 e. The first-order valence-electron chi connectivity index (χ1n) is 7.07. The Morgan fingerprint density at radius 3 is 2.75 bits per heavy atom. The molecule has 1 saturated heterocycles. The Balaban J connectivity index is 1.84. The van der Waals surface area contributed by atoms with Crippen LogP contribution in [0.4, 0.5) is 0 Å². The lowest BCUT2D eigenvalue weighted by Crippen LogP contribution is -2.44. The van der Waals surface area contributed by atoms with Crippen LogP contribution in [0, 0.1) is 0 Å². The molecule has 1 fully saturated rings. The molecule has 0 saturated carbocycles. The number of benzene rings is 2. The molecule has 2 aromatic rings. The maximum absolute atomic E-state index is 10.2. The van der Waals surface area contributed by atoms with E-state index in [4.69, 9.17) is 0 Å². The summed E-state index contributed by atoms with van der Waals surface area (Å²) in [7, 11) is 0. The minimum absolute atomic E-state index is 0.412. The molecule has 3 rings (SSSR count). The first-order chi connectivity index (χ1) is 9.74. The monoisotopic (exact) mass is 334 g/mol. The summed E-state index contributed by atoms with van der Waals surface area (Å²) in [6.45, 7) is 5.32. The zero-order valence-corrected chi connectivity index (χ0v) is 13.0. The number of nitrogens with one attached hydrogen (secondary N) is 1. The first-order valence-corrected chi connectivity index (χ1v) is 7.86. The van der Waals surface area contributed by atoms with Crippen LogP contribution in [-0.4, -0.2) is 42.7 Å². The molecular weight excluding hydrogens is 316 g/mol. The second-order valence-corrected chi connectivity index (χ2v) is 6.19. The highest BCUT2D eigenvalue weighted by molar-refractivity contribution is 9.10. The van der Waals surface area contributed by atoms with Crippen molar-refractivity contribution in [3.8, 4) is 5.75 Å². The predicted octanol–water partition coefficient (Wildman–Crippen LogP) is 2.76. The topological polar surface area (TPSA) is 35.5 Å². The van der Waals surface area contributed by atoms with E-state index in [0.29, 0.717) is 5.75 Å². The third kappa shape index (κ3) is 2.97. The highest BCUT2D eigenvalue weighted by Gasteiger charge is 2.12. The van der Waals surface area contributed by atoms with E-state index in [1.807, 2.05) is 18.2 Å². The molecule has 0 aromatic heterocycles. The summed E-state index contributed by atoms with van der Waals surface area (Å²) in [5.74, 6) is 0.412. The maximum Gasteiger partial charge on any atom is 0.119 e. The molecule has 4 heteroatoms. The Morgan fingerprint density at radius 1 is 1.15 bits per heavy atom. The largest absolute Gasteiger partial charge is 0.508 e. The predicted molar refractivity (Wildman–Crippen MR) is 86.3 cm³/mol. The molecule has 0 unspecified atom stereocenters. The number of halogens is 1. The van der Waals surface area contributed by atoms with Gasteiger partial charge in [0.2, 0.25) is 0 Å². The summed E-state index contributed by atoms with van der Waals surface area (Å²) in [5.41, 5.74) is 1.06. The average Bonchev–Trinajstić information content (AvgIpc) is 2.47. The van der Waals surface area contributed by atoms with E-state index < -0.39 is 0 Å². The van der Waals surface area contributed by atoms with Crippen molar-refractivity contribution in [3.63, 3.8) is 0 Å². The normalized spacial score (nSPS) is 16.6. The third-order valence-corrected chi connectivity index (χ3v) is 4.45. The summed E-state index contributed by atoms with van der Waals surface area (Å²) < 4.78 is 1.07. The minimum atomic E-state index is 0.412. The van der Waals surface area contributed by atoms with Crippen molar-refractivity contribution in [2.45, 2.75) is 6.42 Å². The minimum Gasteiger partial charge on any atom is -0.508 e. The number of hydrogen-bond acceptors (Lipinski definition) is 3. The van der Waals surface area contributed by atoms with E-state index in [-0.39, 0.29) is 0 Å². The van der Waals surface area contributed by atoms with Gasteiger partial charge in [-0.15, -0.1) is 0 Å². The molecule has 20 heavy (non-hydrogen) atoms. The molecule has 2 aromatic carbocycles. The molecule has 0 atom stereocenters. The first kappa shape index (κ1) is 13.9. The standard InChI is InChI=1S/C16H19BrN2O/c17-13-2-3-14-12(11-13)1-4-16(20)15(14)5-8-19-9-6-18-7-10-19/h1-4,11,18,20H,5-10H2. The molecule has 0 amide bonds. The molecule has 0 aliphatic carbocycles. The number of piperazine rings is 1. The third-order valence-electron chi connectivity index (χ3n) is 3.96. The van der Waals surface area contributed by atoms with E-state index in [1.165, 1.54) is 5.39 Å². The number of nitrogens with zero attached hydrogens (tertiary/aromatic N) is 1. The van der Waals surface area contributed by atoms with Crippen molar-refractivity contribution in [1.82, 2.24) is 10.2 Å². The number of fused-ring (bicyclic) bond motifs is 1.